The highest BCUT2D eigenvalue weighted by Gasteiger charge is 2.49. The van der Waals surface area contributed by atoms with Crippen LogP contribution in [0.15, 0.2) is 54.6 Å². The molecule has 0 radical (unpaired) electrons. The van der Waals surface area contributed by atoms with Crippen molar-refractivity contribution in [3.8, 4) is 11.5 Å². The zero-order valence-corrected chi connectivity index (χ0v) is 15.2. The SMILES string of the molecule is COc1cccc([C@@]2(C)NC(=O)N(C[C@@H](O)COc3ccccc3)C2=O)c1. The highest BCUT2D eigenvalue weighted by Crippen LogP contribution is 2.31. The van der Waals surface area contributed by atoms with Gasteiger partial charge in [0.1, 0.15) is 29.7 Å². The van der Waals surface area contributed by atoms with Crippen molar-refractivity contribution >= 4 is 11.9 Å². The van der Waals surface area contributed by atoms with Crippen LogP contribution in [0, 0.1) is 0 Å². The molecular formula is C20H22N2O5. The number of amides is 3. The van der Waals surface area contributed by atoms with Crippen LogP contribution in [-0.2, 0) is 10.3 Å². The quantitative estimate of drug-likeness (QED) is 0.727. The van der Waals surface area contributed by atoms with Crippen molar-refractivity contribution in [2.45, 2.75) is 18.6 Å². The van der Waals surface area contributed by atoms with Gasteiger partial charge in [-0.25, -0.2) is 4.79 Å². The molecule has 0 unspecified atom stereocenters. The van der Waals surface area contributed by atoms with Crippen LogP contribution >= 0.6 is 0 Å². The predicted molar refractivity (Wildman–Crippen MR) is 98.5 cm³/mol. The van der Waals surface area contributed by atoms with Gasteiger partial charge in [0, 0.05) is 0 Å². The number of imide groups is 1. The Morgan fingerprint density at radius 3 is 2.52 bits per heavy atom. The van der Waals surface area contributed by atoms with Crippen molar-refractivity contribution in [2.75, 3.05) is 20.3 Å². The summed E-state index contributed by atoms with van der Waals surface area (Å²) in [5, 5.41) is 12.9. The van der Waals surface area contributed by atoms with Gasteiger partial charge in [-0.15, -0.1) is 0 Å². The number of para-hydroxylation sites is 1. The smallest absolute Gasteiger partial charge is 0.325 e. The normalized spacial score (nSPS) is 20.3. The van der Waals surface area contributed by atoms with Crippen LogP contribution in [0.3, 0.4) is 0 Å². The molecule has 1 saturated heterocycles. The van der Waals surface area contributed by atoms with Crippen LogP contribution in [0.5, 0.6) is 11.5 Å². The second-order valence-electron chi connectivity index (χ2n) is 6.48. The molecule has 7 heteroatoms. The number of methoxy groups -OCH3 is 1. The van der Waals surface area contributed by atoms with E-state index in [0.717, 1.165) is 4.90 Å². The Labute approximate surface area is 157 Å². The minimum atomic E-state index is -1.22. The average molecular weight is 370 g/mol. The van der Waals surface area contributed by atoms with E-state index in [1.165, 1.54) is 7.11 Å². The number of rotatable bonds is 7. The molecule has 2 aromatic rings. The van der Waals surface area contributed by atoms with E-state index < -0.39 is 23.6 Å². The maximum Gasteiger partial charge on any atom is 0.325 e. The number of aliphatic hydroxyl groups excluding tert-OH is 1. The molecule has 2 N–H and O–H groups in total. The van der Waals surface area contributed by atoms with E-state index in [4.69, 9.17) is 9.47 Å². The maximum atomic E-state index is 12.9. The second-order valence-corrected chi connectivity index (χ2v) is 6.48. The van der Waals surface area contributed by atoms with Crippen molar-refractivity contribution in [1.82, 2.24) is 10.2 Å². The number of hydrogen-bond donors (Lipinski definition) is 2. The lowest BCUT2D eigenvalue weighted by Crippen LogP contribution is -2.42. The number of benzene rings is 2. The molecule has 2 aromatic carbocycles. The van der Waals surface area contributed by atoms with E-state index in [2.05, 4.69) is 5.32 Å². The fourth-order valence-corrected chi connectivity index (χ4v) is 2.97. The van der Waals surface area contributed by atoms with Crippen molar-refractivity contribution < 1.29 is 24.2 Å². The molecule has 0 saturated carbocycles. The molecule has 1 aliphatic rings. The Morgan fingerprint density at radius 1 is 1.11 bits per heavy atom. The minimum absolute atomic E-state index is 0.0308. The summed E-state index contributed by atoms with van der Waals surface area (Å²) in [7, 11) is 1.53. The number of hydrogen-bond acceptors (Lipinski definition) is 5. The number of nitrogens with zero attached hydrogens (tertiary/aromatic N) is 1. The van der Waals surface area contributed by atoms with E-state index >= 15 is 0 Å². The van der Waals surface area contributed by atoms with Gasteiger partial charge in [-0.05, 0) is 36.8 Å². The van der Waals surface area contributed by atoms with Gasteiger partial charge in [0.25, 0.3) is 5.91 Å². The molecule has 3 amide bonds. The summed E-state index contributed by atoms with van der Waals surface area (Å²) in [6, 6.07) is 15.4. The van der Waals surface area contributed by atoms with Crippen molar-refractivity contribution in [3.05, 3.63) is 60.2 Å². The third-order valence-electron chi connectivity index (χ3n) is 4.50. The van der Waals surface area contributed by atoms with E-state index in [9.17, 15) is 14.7 Å². The maximum absolute atomic E-state index is 12.9. The van der Waals surface area contributed by atoms with Crippen LogP contribution in [0.2, 0.25) is 0 Å². The Morgan fingerprint density at radius 2 is 1.81 bits per heavy atom. The number of nitrogens with one attached hydrogen (secondary N) is 1. The van der Waals surface area contributed by atoms with Crippen LogP contribution < -0.4 is 14.8 Å². The first kappa shape index (κ1) is 18.7. The molecule has 3 rings (SSSR count). The van der Waals surface area contributed by atoms with Gasteiger partial charge in [0.2, 0.25) is 0 Å². The lowest BCUT2D eigenvalue weighted by atomic mass is 9.92. The monoisotopic (exact) mass is 370 g/mol. The van der Waals surface area contributed by atoms with Gasteiger partial charge in [-0.1, -0.05) is 30.3 Å². The van der Waals surface area contributed by atoms with Gasteiger partial charge >= 0.3 is 6.03 Å². The standard InChI is InChI=1S/C20H22N2O5/c1-20(14-7-6-10-17(11-14)26-2)18(24)22(19(25)21-20)12-15(23)13-27-16-8-4-3-5-9-16/h3-11,15,23H,12-13H2,1-2H3,(H,21,25)/t15-,20-/m1/s1. The van der Waals surface area contributed by atoms with E-state index in [1.807, 2.05) is 18.2 Å². The number of ether oxygens (including phenoxy) is 2. The van der Waals surface area contributed by atoms with E-state index in [0.29, 0.717) is 17.1 Å². The molecular weight excluding hydrogens is 348 g/mol. The van der Waals surface area contributed by atoms with Gasteiger partial charge in [0.05, 0.1) is 13.7 Å². The van der Waals surface area contributed by atoms with Crippen LogP contribution in [-0.4, -0.2) is 48.3 Å². The van der Waals surface area contributed by atoms with Crippen molar-refractivity contribution in [1.29, 1.82) is 0 Å². The predicted octanol–water partition coefficient (Wildman–Crippen LogP) is 1.90. The van der Waals surface area contributed by atoms with Crippen LogP contribution in [0.1, 0.15) is 12.5 Å². The van der Waals surface area contributed by atoms with Crippen LogP contribution in [0.25, 0.3) is 0 Å². The summed E-state index contributed by atoms with van der Waals surface area (Å²) < 4.78 is 10.7. The highest BCUT2D eigenvalue weighted by atomic mass is 16.5. The van der Waals surface area contributed by atoms with Gasteiger partial charge in [-0.2, -0.15) is 0 Å². The largest absolute Gasteiger partial charge is 0.497 e. The molecule has 0 aromatic heterocycles. The molecule has 1 aliphatic heterocycles. The van der Waals surface area contributed by atoms with Gasteiger partial charge < -0.3 is 19.9 Å². The third-order valence-corrected chi connectivity index (χ3v) is 4.50. The summed E-state index contributed by atoms with van der Waals surface area (Å²) in [5.74, 6) is 0.764. The van der Waals surface area contributed by atoms with Gasteiger partial charge in [0.15, 0.2) is 0 Å². The summed E-state index contributed by atoms with van der Waals surface area (Å²) in [6.07, 6.45) is -1.01. The highest BCUT2D eigenvalue weighted by molar-refractivity contribution is 6.07. The Hall–Kier alpha value is -3.06. The molecule has 7 nitrogen and oxygen atoms in total. The fourth-order valence-electron chi connectivity index (χ4n) is 2.97. The van der Waals surface area contributed by atoms with E-state index in [-0.39, 0.29) is 13.2 Å². The lowest BCUT2D eigenvalue weighted by Gasteiger charge is -2.23. The molecule has 0 aliphatic carbocycles. The molecule has 0 spiro atoms. The van der Waals surface area contributed by atoms with Crippen molar-refractivity contribution in [2.24, 2.45) is 0 Å². The minimum Gasteiger partial charge on any atom is -0.497 e. The first-order valence-corrected chi connectivity index (χ1v) is 8.58. The topological polar surface area (TPSA) is 88.1 Å². The first-order valence-electron chi connectivity index (χ1n) is 8.58. The molecule has 142 valence electrons. The van der Waals surface area contributed by atoms with Crippen molar-refractivity contribution in [3.63, 3.8) is 0 Å². The summed E-state index contributed by atoms with van der Waals surface area (Å²) in [4.78, 5) is 26.3. The number of carbonyl (C=O) groups excluding carboxylic acids is 2. The Bertz CT molecular complexity index is 826. The average Bonchev–Trinajstić information content (AvgIpc) is 2.91. The van der Waals surface area contributed by atoms with Gasteiger partial charge in [-0.3, -0.25) is 9.69 Å². The molecule has 2 atom stereocenters. The number of β-amino-alcohol motifs (C(OH)–C–C–N with tert-alkyl or cyclic N) is 1. The summed E-state index contributed by atoms with van der Waals surface area (Å²) in [6.45, 7) is 1.45. The lowest BCUT2D eigenvalue weighted by molar-refractivity contribution is -0.132. The fraction of sp³-hybridized carbons (Fsp3) is 0.300. The zero-order valence-electron chi connectivity index (χ0n) is 15.2. The molecule has 1 heterocycles. The first-order chi connectivity index (χ1) is 12.9. The molecule has 0 bridgehead atoms. The summed E-state index contributed by atoms with van der Waals surface area (Å²) >= 11 is 0. The van der Waals surface area contributed by atoms with Crippen LogP contribution in [0.4, 0.5) is 4.79 Å². The number of carbonyl (C=O) groups is 2. The Kier molecular flexibility index (Phi) is 5.32. The molecule has 1 fully saturated rings. The van der Waals surface area contributed by atoms with E-state index in [1.54, 1.807) is 43.3 Å². The number of urea groups is 1. The zero-order chi connectivity index (χ0) is 19.4. The second kappa shape index (κ2) is 7.67. The Balaban J connectivity index is 1.68. The third kappa shape index (κ3) is 3.88. The summed E-state index contributed by atoms with van der Waals surface area (Å²) in [5.41, 5.74) is -0.608. The molecule has 27 heavy (non-hydrogen) atoms. The number of aliphatic hydroxyl groups is 1.